The quantitative estimate of drug-likeness (QED) is 0.490. The van der Waals surface area contributed by atoms with E-state index in [0.29, 0.717) is 0 Å². The van der Waals surface area contributed by atoms with Gasteiger partial charge in [-0.05, 0) is 53.1 Å². The first-order valence-corrected chi connectivity index (χ1v) is 9.35. The van der Waals surface area contributed by atoms with E-state index in [9.17, 15) is 5.26 Å². The number of benzene rings is 3. The average Bonchev–Trinajstić information content (AvgIpc) is 3.35. The molecule has 1 saturated heterocycles. The van der Waals surface area contributed by atoms with Gasteiger partial charge in [0.15, 0.2) is 0 Å². The van der Waals surface area contributed by atoms with E-state index < -0.39 is 0 Å². The van der Waals surface area contributed by atoms with E-state index in [1.54, 1.807) is 0 Å². The third kappa shape index (κ3) is 2.24. The lowest BCUT2D eigenvalue weighted by Crippen LogP contribution is -2.19. The molecule has 0 unspecified atom stereocenters. The monoisotopic (exact) mass is 336 g/mol. The third-order valence-corrected chi connectivity index (χ3v) is 5.71. The van der Waals surface area contributed by atoms with Crippen LogP contribution in [0.3, 0.4) is 0 Å². The summed E-state index contributed by atoms with van der Waals surface area (Å²) in [6, 6.07) is 24.0. The first-order valence-electron chi connectivity index (χ1n) is 9.35. The molecule has 1 aliphatic carbocycles. The highest BCUT2D eigenvalue weighted by Gasteiger charge is 2.29. The second-order valence-electron chi connectivity index (χ2n) is 7.18. The molecular formula is C24H20N2. The Morgan fingerprint density at radius 1 is 0.846 bits per heavy atom. The van der Waals surface area contributed by atoms with Gasteiger partial charge in [0.25, 0.3) is 0 Å². The van der Waals surface area contributed by atoms with Gasteiger partial charge in [0.05, 0.1) is 11.3 Å². The molecule has 0 N–H and O–H groups in total. The van der Waals surface area contributed by atoms with Gasteiger partial charge in [-0.2, -0.15) is 5.26 Å². The van der Waals surface area contributed by atoms with Crippen LogP contribution in [-0.2, 0) is 6.42 Å². The van der Waals surface area contributed by atoms with Gasteiger partial charge in [-0.15, -0.1) is 0 Å². The number of hydrogen-bond donors (Lipinski definition) is 0. The standard InChI is InChI=1S/C24H20N2/c25-16-22-23(26-12-6-7-13-26)15-20(17-8-2-1-3-9-17)21-14-18-10-4-5-11-19(18)24(21)22/h1-5,8-11,15H,6-7,12-14H2. The minimum atomic E-state index is 0.853. The summed E-state index contributed by atoms with van der Waals surface area (Å²) in [5.41, 5.74) is 9.50. The molecule has 3 aromatic carbocycles. The van der Waals surface area contributed by atoms with Crippen molar-refractivity contribution in [2.24, 2.45) is 0 Å². The fourth-order valence-corrected chi connectivity index (χ4v) is 4.50. The zero-order valence-electron chi connectivity index (χ0n) is 14.7. The zero-order valence-corrected chi connectivity index (χ0v) is 14.7. The van der Waals surface area contributed by atoms with Crippen LogP contribution in [0.2, 0.25) is 0 Å². The van der Waals surface area contributed by atoms with E-state index in [2.05, 4.69) is 71.6 Å². The number of hydrogen-bond acceptors (Lipinski definition) is 2. The molecule has 0 bridgehead atoms. The molecule has 1 fully saturated rings. The van der Waals surface area contributed by atoms with Gasteiger partial charge < -0.3 is 4.90 Å². The SMILES string of the molecule is N#Cc1c(N2CCCC2)cc(-c2ccccc2)c2c1-c1ccccc1C2. The van der Waals surface area contributed by atoms with Crippen LogP contribution in [0.1, 0.15) is 29.5 Å². The Hall–Kier alpha value is -3.05. The fraction of sp³-hybridized carbons (Fsp3) is 0.208. The number of nitrogens with zero attached hydrogens (tertiary/aromatic N) is 2. The average molecular weight is 336 g/mol. The van der Waals surface area contributed by atoms with Crippen molar-refractivity contribution in [3.63, 3.8) is 0 Å². The normalized spacial score (nSPS) is 14.8. The smallest absolute Gasteiger partial charge is 0.102 e. The van der Waals surface area contributed by atoms with Gasteiger partial charge in [-0.3, -0.25) is 0 Å². The van der Waals surface area contributed by atoms with Crippen LogP contribution in [0.5, 0.6) is 0 Å². The maximum Gasteiger partial charge on any atom is 0.102 e. The Kier molecular flexibility index (Phi) is 3.53. The number of nitriles is 1. The molecule has 2 nitrogen and oxygen atoms in total. The fourth-order valence-electron chi connectivity index (χ4n) is 4.50. The number of anilines is 1. The van der Waals surface area contributed by atoms with E-state index in [4.69, 9.17) is 0 Å². The van der Waals surface area contributed by atoms with Crippen LogP contribution < -0.4 is 4.90 Å². The van der Waals surface area contributed by atoms with E-state index in [1.807, 2.05) is 0 Å². The van der Waals surface area contributed by atoms with E-state index >= 15 is 0 Å². The zero-order chi connectivity index (χ0) is 17.5. The van der Waals surface area contributed by atoms with Crippen LogP contribution in [-0.4, -0.2) is 13.1 Å². The molecule has 26 heavy (non-hydrogen) atoms. The second-order valence-corrected chi connectivity index (χ2v) is 7.18. The van der Waals surface area contributed by atoms with E-state index in [0.717, 1.165) is 36.3 Å². The highest BCUT2D eigenvalue weighted by Crippen LogP contribution is 2.47. The summed E-state index contributed by atoms with van der Waals surface area (Å²) < 4.78 is 0. The van der Waals surface area contributed by atoms with Gasteiger partial charge in [0.2, 0.25) is 0 Å². The van der Waals surface area contributed by atoms with Crippen molar-refractivity contribution in [2.75, 3.05) is 18.0 Å². The minimum absolute atomic E-state index is 0.853. The first-order chi connectivity index (χ1) is 12.9. The summed E-state index contributed by atoms with van der Waals surface area (Å²) in [5.74, 6) is 0. The summed E-state index contributed by atoms with van der Waals surface area (Å²) in [5, 5.41) is 10.1. The lowest BCUT2D eigenvalue weighted by molar-refractivity contribution is 0.949. The molecule has 3 aromatic rings. The van der Waals surface area contributed by atoms with Crippen molar-refractivity contribution in [3.8, 4) is 28.3 Å². The maximum absolute atomic E-state index is 10.1. The molecule has 126 valence electrons. The molecule has 0 amide bonds. The second kappa shape index (κ2) is 6.04. The van der Waals surface area contributed by atoms with Crippen molar-refractivity contribution in [1.29, 1.82) is 5.26 Å². The van der Waals surface area contributed by atoms with Crippen molar-refractivity contribution in [2.45, 2.75) is 19.3 Å². The summed E-state index contributed by atoms with van der Waals surface area (Å²) in [7, 11) is 0. The van der Waals surface area contributed by atoms with Crippen molar-refractivity contribution in [3.05, 3.63) is 77.4 Å². The molecule has 0 saturated carbocycles. The first kappa shape index (κ1) is 15.2. The van der Waals surface area contributed by atoms with Crippen LogP contribution in [0.4, 0.5) is 5.69 Å². The van der Waals surface area contributed by atoms with Crippen molar-refractivity contribution < 1.29 is 0 Å². The molecule has 0 radical (unpaired) electrons. The molecule has 2 aliphatic rings. The molecule has 1 aliphatic heterocycles. The topological polar surface area (TPSA) is 27.0 Å². The lowest BCUT2D eigenvalue weighted by Gasteiger charge is -2.23. The number of fused-ring (bicyclic) bond motifs is 3. The predicted octanol–water partition coefficient (Wildman–Crippen LogP) is 5.40. The Balaban J connectivity index is 1.83. The third-order valence-electron chi connectivity index (χ3n) is 5.71. The van der Waals surface area contributed by atoms with Crippen molar-refractivity contribution in [1.82, 2.24) is 0 Å². The Morgan fingerprint density at radius 2 is 1.58 bits per heavy atom. The summed E-state index contributed by atoms with van der Waals surface area (Å²) in [6.45, 7) is 2.09. The number of rotatable bonds is 2. The lowest BCUT2D eigenvalue weighted by atomic mass is 9.90. The van der Waals surface area contributed by atoms with Gasteiger partial charge in [0, 0.05) is 18.7 Å². The van der Waals surface area contributed by atoms with Crippen molar-refractivity contribution >= 4 is 5.69 Å². The van der Waals surface area contributed by atoms with Crippen LogP contribution in [0.15, 0.2) is 60.7 Å². The minimum Gasteiger partial charge on any atom is -0.370 e. The molecule has 0 atom stereocenters. The molecular weight excluding hydrogens is 316 g/mol. The molecule has 0 spiro atoms. The maximum atomic E-state index is 10.1. The van der Waals surface area contributed by atoms with Crippen LogP contribution >= 0.6 is 0 Å². The largest absolute Gasteiger partial charge is 0.370 e. The van der Waals surface area contributed by atoms with Crippen LogP contribution in [0.25, 0.3) is 22.3 Å². The van der Waals surface area contributed by atoms with Crippen LogP contribution in [0, 0.1) is 11.3 Å². The summed E-state index contributed by atoms with van der Waals surface area (Å²) in [6.07, 6.45) is 3.32. The van der Waals surface area contributed by atoms with Gasteiger partial charge in [-0.25, -0.2) is 0 Å². The highest BCUT2D eigenvalue weighted by atomic mass is 15.1. The Labute approximate surface area is 154 Å². The van der Waals surface area contributed by atoms with Gasteiger partial charge in [-0.1, -0.05) is 54.6 Å². The van der Waals surface area contributed by atoms with E-state index in [1.165, 1.54) is 40.7 Å². The van der Waals surface area contributed by atoms with Gasteiger partial charge >= 0.3 is 0 Å². The Morgan fingerprint density at radius 3 is 2.35 bits per heavy atom. The summed E-state index contributed by atoms with van der Waals surface area (Å²) in [4.78, 5) is 2.40. The van der Waals surface area contributed by atoms with E-state index in [-0.39, 0.29) is 0 Å². The van der Waals surface area contributed by atoms with Gasteiger partial charge in [0.1, 0.15) is 6.07 Å². The Bertz CT molecular complexity index is 1020. The molecule has 1 heterocycles. The molecule has 0 aromatic heterocycles. The molecule has 2 heteroatoms. The predicted molar refractivity (Wildman–Crippen MR) is 106 cm³/mol. The summed E-state index contributed by atoms with van der Waals surface area (Å²) >= 11 is 0. The highest BCUT2D eigenvalue weighted by molar-refractivity contribution is 5.93. The molecule has 5 rings (SSSR count).